The summed E-state index contributed by atoms with van der Waals surface area (Å²) in [6.45, 7) is 4.14. The van der Waals surface area contributed by atoms with Crippen LogP contribution in [-0.4, -0.2) is 47.1 Å². The van der Waals surface area contributed by atoms with Crippen molar-refractivity contribution in [3.8, 4) is 0 Å². The lowest BCUT2D eigenvalue weighted by Crippen LogP contribution is -2.37. The van der Waals surface area contributed by atoms with Crippen LogP contribution in [0.2, 0.25) is 0 Å². The van der Waals surface area contributed by atoms with Crippen molar-refractivity contribution in [3.05, 3.63) is 11.9 Å². The summed E-state index contributed by atoms with van der Waals surface area (Å²) in [5, 5.41) is 0. The summed E-state index contributed by atoms with van der Waals surface area (Å²) < 4.78 is 0. The van der Waals surface area contributed by atoms with Gasteiger partial charge >= 0.3 is 0 Å². The van der Waals surface area contributed by atoms with Crippen molar-refractivity contribution in [2.45, 2.75) is 38.3 Å². The second kappa shape index (κ2) is 4.39. The van der Waals surface area contributed by atoms with Gasteiger partial charge in [0.2, 0.25) is 0 Å². The van der Waals surface area contributed by atoms with Crippen molar-refractivity contribution < 1.29 is 0 Å². The van der Waals surface area contributed by atoms with E-state index >= 15 is 0 Å². The minimum atomic E-state index is 0.600. The van der Waals surface area contributed by atoms with Crippen LogP contribution in [0.5, 0.6) is 0 Å². The summed E-state index contributed by atoms with van der Waals surface area (Å²) in [5.74, 6) is 1.62. The zero-order valence-corrected chi connectivity index (χ0v) is 11.1. The number of fused-ring (bicyclic) bond motifs is 2. The molecule has 0 aromatic carbocycles. The van der Waals surface area contributed by atoms with Crippen LogP contribution in [-0.2, 0) is 0 Å². The Morgan fingerprint density at radius 3 is 2.83 bits per heavy atom. The largest absolute Gasteiger partial charge is 0.383 e. The normalized spacial score (nSPS) is 28.4. The zero-order chi connectivity index (χ0) is 12.7. The topological polar surface area (TPSA) is 58.3 Å². The molecule has 1 aromatic rings. The standard InChI is InChI=1S/C13H21N5/c1-9-12(14)15-8-16-13(9)18-6-5-10-3-4-11(7-18)17(10)2/h8,10-11H,3-7H2,1-2H3,(H2,14,15,16). The zero-order valence-electron chi connectivity index (χ0n) is 11.1. The van der Waals surface area contributed by atoms with Crippen molar-refractivity contribution in [1.29, 1.82) is 0 Å². The lowest BCUT2D eigenvalue weighted by atomic mass is 10.1. The van der Waals surface area contributed by atoms with Gasteiger partial charge in [0.1, 0.15) is 18.0 Å². The molecule has 3 heterocycles. The predicted molar refractivity (Wildman–Crippen MR) is 72.6 cm³/mol. The van der Waals surface area contributed by atoms with Crippen LogP contribution in [0, 0.1) is 6.92 Å². The first-order chi connectivity index (χ1) is 8.66. The molecular formula is C13H21N5. The van der Waals surface area contributed by atoms with Gasteiger partial charge < -0.3 is 10.6 Å². The second-order valence-electron chi connectivity index (χ2n) is 5.49. The summed E-state index contributed by atoms with van der Waals surface area (Å²) >= 11 is 0. The van der Waals surface area contributed by atoms with Crippen LogP contribution < -0.4 is 10.6 Å². The highest BCUT2D eigenvalue weighted by Gasteiger charge is 2.35. The Hall–Kier alpha value is -1.36. The highest BCUT2D eigenvalue weighted by Crippen LogP contribution is 2.31. The van der Waals surface area contributed by atoms with E-state index in [0.29, 0.717) is 11.9 Å². The van der Waals surface area contributed by atoms with Gasteiger partial charge in [-0.25, -0.2) is 9.97 Å². The third-order valence-electron chi connectivity index (χ3n) is 4.54. The molecule has 0 spiro atoms. The Bertz CT molecular complexity index is 447. The first kappa shape index (κ1) is 11.7. The molecule has 2 unspecified atom stereocenters. The average Bonchev–Trinajstić information content (AvgIpc) is 2.58. The molecule has 1 aromatic heterocycles. The molecule has 2 aliphatic rings. The van der Waals surface area contributed by atoms with Crippen molar-refractivity contribution in [1.82, 2.24) is 14.9 Å². The SMILES string of the molecule is Cc1c(N)ncnc1N1CCC2CCC(C1)N2C. The number of hydrogen-bond acceptors (Lipinski definition) is 5. The molecular weight excluding hydrogens is 226 g/mol. The van der Waals surface area contributed by atoms with Crippen LogP contribution in [0.4, 0.5) is 11.6 Å². The average molecular weight is 247 g/mol. The maximum absolute atomic E-state index is 5.88. The van der Waals surface area contributed by atoms with Gasteiger partial charge in [0.05, 0.1) is 0 Å². The Kier molecular flexibility index (Phi) is 2.86. The fourth-order valence-electron chi connectivity index (χ4n) is 3.27. The van der Waals surface area contributed by atoms with Crippen molar-refractivity contribution >= 4 is 11.6 Å². The van der Waals surface area contributed by atoms with Gasteiger partial charge in [0.15, 0.2) is 0 Å². The molecule has 2 bridgehead atoms. The van der Waals surface area contributed by atoms with Gasteiger partial charge in [-0.05, 0) is 33.2 Å². The molecule has 2 atom stereocenters. The fraction of sp³-hybridized carbons (Fsp3) is 0.692. The van der Waals surface area contributed by atoms with Gasteiger partial charge in [0, 0.05) is 30.7 Å². The van der Waals surface area contributed by atoms with Crippen LogP contribution in [0.25, 0.3) is 0 Å². The summed E-state index contributed by atoms with van der Waals surface area (Å²) in [6.07, 6.45) is 5.44. The summed E-state index contributed by atoms with van der Waals surface area (Å²) in [6, 6.07) is 1.41. The van der Waals surface area contributed by atoms with Gasteiger partial charge in [-0.2, -0.15) is 0 Å². The molecule has 5 nitrogen and oxygen atoms in total. The van der Waals surface area contributed by atoms with E-state index < -0.39 is 0 Å². The van der Waals surface area contributed by atoms with E-state index in [1.807, 2.05) is 6.92 Å². The van der Waals surface area contributed by atoms with Crippen molar-refractivity contribution in [3.63, 3.8) is 0 Å². The van der Waals surface area contributed by atoms with Crippen molar-refractivity contribution in [2.75, 3.05) is 30.8 Å². The molecule has 2 saturated heterocycles. The number of nitrogens with zero attached hydrogens (tertiary/aromatic N) is 4. The summed E-state index contributed by atoms with van der Waals surface area (Å²) in [5.41, 5.74) is 6.89. The van der Waals surface area contributed by atoms with Gasteiger partial charge in [0.25, 0.3) is 0 Å². The predicted octanol–water partition coefficient (Wildman–Crippen LogP) is 1.04. The molecule has 2 fully saturated rings. The van der Waals surface area contributed by atoms with Gasteiger partial charge in [-0.15, -0.1) is 0 Å². The Balaban J connectivity index is 1.87. The lowest BCUT2D eigenvalue weighted by molar-refractivity contribution is 0.254. The second-order valence-corrected chi connectivity index (χ2v) is 5.49. The van der Waals surface area contributed by atoms with Crippen LogP contribution >= 0.6 is 0 Å². The Morgan fingerprint density at radius 2 is 2.00 bits per heavy atom. The quantitative estimate of drug-likeness (QED) is 0.803. The Labute approximate surface area is 108 Å². The first-order valence-electron chi connectivity index (χ1n) is 6.70. The maximum atomic E-state index is 5.88. The minimum Gasteiger partial charge on any atom is -0.383 e. The van der Waals surface area contributed by atoms with E-state index in [0.717, 1.165) is 30.5 Å². The lowest BCUT2D eigenvalue weighted by Gasteiger charge is -2.27. The van der Waals surface area contributed by atoms with E-state index in [1.54, 1.807) is 6.33 Å². The number of likely N-dealkylation sites (N-methyl/N-ethyl adjacent to an activating group) is 1. The van der Waals surface area contributed by atoms with E-state index in [4.69, 9.17) is 5.73 Å². The molecule has 3 rings (SSSR count). The van der Waals surface area contributed by atoms with E-state index in [1.165, 1.54) is 19.3 Å². The number of aromatic nitrogens is 2. The Morgan fingerprint density at radius 1 is 1.22 bits per heavy atom. The van der Waals surface area contributed by atoms with Crippen LogP contribution in [0.1, 0.15) is 24.8 Å². The molecule has 2 N–H and O–H groups in total. The number of anilines is 2. The van der Waals surface area contributed by atoms with Crippen LogP contribution in [0.15, 0.2) is 6.33 Å². The minimum absolute atomic E-state index is 0.600. The van der Waals surface area contributed by atoms with Gasteiger partial charge in [-0.1, -0.05) is 0 Å². The molecule has 98 valence electrons. The maximum Gasteiger partial charge on any atom is 0.137 e. The number of nitrogens with two attached hydrogens (primary N) is 1. The van der Waals surface area contributed by atoms with E-state index in [9.17, 15) is 0 Å². The highest BCUT2D eigenvalue weighted by molar-refractivity contribution is 5.55. The van der Waals surface area contributed by atoms with Gasteiger partial charge in [-0.3, -0.25) is 4.90 Å². The first-order valence-corrected chi connectivity index (χ1v) is 6.70. The monoisotopic (exact) mass is 247 g/mol. The third-order valence-corrected chi connectivity index (χ3v) is 4.54. The third kappa shape index (κ3) is 1.82. The molecule has 0 radical (unpaired) electrons. The highest BCUT2D eigenvalue weighted by atomic mass is 15.3. The fourth-order valence-corrected chi connectivity index (χ4v) is 3.27. The van der Waals surface area contributed by atoms with Crippen molar-refractivity contribution in [2.24, 2.45) is 0 Å². The molecule has 0 saturated carbocycles. The molecule has 0 aliphatic carbocycles. The molecule has 2 aliphatic heterocycles. The summed E-state index contributed by atoms with van der Waals surface area (Å²) in [4.78, 5) is 13.4. The van der Waals surface area contributed by atoms with E-state index in [-0.39, 0.29) is 0 Å². The van der Waals surface area contributed by atoms with E-state index in [2.05, 4.69) is 26.8 Å². The summed E-state index contributed by atoms with van der Waals surface area (Å²) in [7, 11) is 2.26. The number of rotatable bonds is 1. The van der Waals surface area contributed by atoms with Crippen LogP contribution in [0.3, 0.4) is 0 Å². The number of nitrogen functional groups attached to an aromatic ring is 1. The molecule has 0 amide bonds. The smallest absolute Gasteiger partial charge is 0.137 e. The molecule has 5 heteroatoms. The number of hydrogen-bond donors (Lipinski definition) is 1. The molecule has 18 heavy (non-hydrogen) atoms.